The van der Waals surface area contributed by atoms with Crippen molar-refractivity contribution < 1.29 is 4.79 Å². The molecule has 0 saturated carbocycles. The van der Waals surface area contributed by atoms with E-state index in [0.29, 0.717) is 11.5 Å². The van der Waals surface area contributed by atoms with Crippen molar-refractivity contribution in [2.24, 2.45) is 0 Å². The fourth-order valence-corrected chi connectivity index (χ4v) is 0.955. The van der Waals surface area contributed by atoms with Gasteiger partial charge in [0.05, 0.1) is 0 Å². The van der Waals surface area contributed by atoms with Gasteiger partial charge in [-0.05, 0) is 6.92 Å². The molecule has 0 fully saturated rings. The maximum atomic E-state index is 9.81. The molecular weight excluding hydrogens is 138 g/mol. The Balaban J connectivity index is 2.72. The number of nitrogens with zero attached hydrogens (tertiary/aromatic N) is 2. The molecule has 1 heterocycles. The molecule has 0 radical (unpaired) electrons. The fourth-order valence-electron chi connectivity index (χ4n) is 0.405. The molecule has 0 aromatic carbocycles. The summed E-state index contributed by atoms with van der Waals surface area (Å²) in [4.78, 5) is 9.81. The summed E-state index contributed by atoms with van der Waals surface area (Å²) in [6, 6.07) is 0. The number of amides is 1. The Morgan fingerprint density at radius 2 is 2.44 bits per heavy atom. The lowest BCUT2D eigenvalue weighted by Crippen LogP contribution is -1.91. The van der Waals surface area contributed by atoms with Crippen molar-refractivity contribution in [1.29, 1.82) is 0 Å². The predicted molar refractivity (Wildman–Crippen MR) is 34.3 cm³/mol. The molecule has 0 spiro atoms. The molecule has 1 amide bonds. The summed E-state index contributed by atoms with van der Waals surface area (Å²) in [6.45, 7) is 1.83. The molecule has 1 aromatic heterocycles. The van der Waals surface area contributed by atoms with Crippen molar-refractivity contribution >= 4 is 22.9 Å². The van der Waals surface area contributed by atoms with Gasteiger partial charge in [-0.3, -0.25) is 4.79 Å². The highest BCUT2D eigenvalue weighted by molar-refractivity contribution is 7.15. The second kappa shape index (κ2) is 2.54. The topological polar surface area (TPSA) is 54.9 Å². The summed E-state index contributed by atoms with van der Waals surface area (Å²) in [5, 5.41) is 11.1. The smallest absolute Gasteiger partial charge is 0.213 e. The van der Waals surface area contributed by atoms with Crippen LogP contribution in [0.15, 0.2) is 0 Å². The van der Waals surface area contributed by atoms with Crippen LogP contribution in [0.4, 0.5) is 5.13 Å². The number of rotatable bonds is 2. The molecule has 0 aliphatic heterocycles. The first-order valence-electron chi connectivity index (χ1n) is 2.33. The van der Waals surface area contributed by atoms with Crippen molar-refractivity contribution in [3.8, 4) is 0 Å². The van der Waals surface area contributed by atoms with Crippen LogP contribution in [-0.4, -0.2) is 16.6 Å². The number of aryl methyl sites for hydroxylation is 1. The summed E-state index contributed by atoms with van der Waals surface area (Å²) in [6.07, 6.45) is 0.583. The zero-order chi connectivity index (χ0) is 6.69. The molecule has 1 rings (SSSR count). The Morgan fingerprint density at radius 3 is 2.89 bits per heavy atom. The SMILES string of the molecule is Cc1nnc(NC=O)s1. The standard InChI is InChI=1S/C4H5N3OS/c1-3-6-7-4(9-3)5-2-8/h2H,1H3,(H,5,7,8). The molecule has 4 nitrogen and oxygen atoms in total. The maximum Gasteiger partial charge on any atom is 0.213 e. The van der Waals surface area contributed by atoms with Crippen LogP contribution in [0.3, 0.4) is 0 Å². The summed E-state index contributed by atoms with van der Waals surface area (Å²) in [7, 11) is 0. The van der Waals surface area contributed by atoms with Crippen LogP contribution in [0.25, 0.3) is 0 Å². The second-order valence-electron chi connectivity index (χ2n) is 1.39. The van der Waals surface area contributed by atoms with Crippen molar-refractivity contribution in [3.05, 3.63) is 5.01 Å². The number of carbonyl (C=O) groups excluding carboxylic acids is 1. The minimum Gasteiger partial charge on any atom is -0.303 e. The molecule has 0 saturated heterocycles. The number of hydrogen-bond acceptors (Lipinski definition) is 4. The van der Waals surface area contributed by atoms with E-state index in [1.54, 1.807) is 0 Å². The minimum atomic E-state index is 0.544. The molecule has 5 heteroatoms. The Bertz CT molecular complexity index is 209. The van der Waals surface area contributed by atoms with E-state index < -0.39 is 0 Å². The predicted octanol–water partition coefficient (Wildman–Crippen LogP) is 0.415. The van der Waals surface area contributed by atoms with E-state index in [1.165, 1.54) is 11.3 Å². The quantitative estimate of drug-likeness (QED) is 0.610. The van der Waals surface area contributed by atoms with Crippen LogP contribution in [0.5, 0.6) is 0 Å². The van der Waals surface area contributed by atoms with Gasteiger partial charge in [-0.25, -0.2) is 0 Å². The first-order valence-corrected chi connectivity index (χ1v) is 3.15. The van der Waals surface area contributed by atoms with Gasteiger partial charge in [0.25, 0.3) is 0 Å². The van der Waals surface area contributed by atoms with Gasteiger partial charge < -0.3 is 5.32 Å². The number of nitrogens with one attached hydrogen (secondary N) is 1. The highest BCUT2D eigenvalue weighted by atomic mass is 32.1. The Hall–Kier alpha value is -0.970. The van der Waals surface area contributed by atoms with Crippen LogP contribution in [0.1, 0.15) is 5.01 Å². The normalized spacial score (nSPS) is 9.00. The highest BCUT2D eigenvalue weighted by Crippen LogP contribution is 2.11. The van der Waals surface area contributed by atoms with Gasteiger partial charge in [0, 0.05) is 0 Å². The highest BCUT2D eigenvalue weighted by Gasteiger charge is 1.95. The minimum absolute atomic E-state index is 0.544. The van der Waals surface area contributed by atoms with Crippen molar-refractivity contribution in [3.63, 3.8) is 0 Å². The van der Waals surface area contributed by atoms with Crippen molar-refractivity contribution in [2.45, 2.75) is 6.92 Å². The van der Waals surface area contributed by atoms with Crippen molar-refractivity contribution in [2.75, 3.05) is 5.32 Å². The zero-order valence-corrected chi connectivity index (χ0v) is 5.60. The van der Waals surface area contributed by atoms with Gasteiger partial charge in [0.1, 0.15) is 5.01 Å². The van der Waals surface area contributed by atoms with E-state index in [4.69, 9.17) is 0 Å². The molecule has 0 aliphatic carbocycles. The molecule has 9 heavy (non-hydrogen) atoms. The molecule has 0 bridgehead atoms. The number of aromatic nitrogens is 2. The lowest BCUT2D eigenvalue weighted by Gasteiger charge is -1.81. The van der Waals surface area contributed by atoms with Gasteiger partial charge in [-0.2, -0.15) is 0 Å². The summed E-state index contributed by atoms with van der Waals surface area (Å²) < 4.78 is 0. The monoisotopic (exact) mass is 143 g/mol. The van der Waals surface area contributed by atoms with Crippen LogP contribution < -0.4 is 5.32 Å². The molecule has 48 valence electrons. The third kappa shape index (κ3) is 1.46. The van der Waals surface area contributed by atoms with Gasteiger partial charge in [0.15, 0.2) is 0 Å². The number of hydrogen-bond donors (Lipinski definition) is 1. The van der Waals surface area contributed by atoms with Crippen LogP contribution in [-0.2, 0) is 4.79 Å². The summed E-state index contributed by atoms with van der Waals surface area (Å²) in [5.41, 5.74) is 0. The average molecular weight is 143 g/mol. The molecule has 1 N–H and O–H groups in total. The molecule has 0 atom stereocenters. The van der Waals surface area contributed by atoms with E-state index >= 15 is 0 Å². The second-order valence-corrected chi connectivity index (χ2v) is 2.57. The van der Waals surface area contributed by atoms with Gasteiger partial charge in [-0.15, -0.1) is 10.2 Å². The average Bonchev–Trinajstić information content (AvgIpc) is 2.17. The Kier molecular flexibility index (Phi) is 1.74. The first kappa shape index (κ1) is 6.15. The van der Waals surface area contributed by atoms with E-state index in [0.717, 1.165) is 5.01 Å². The first-order chi connectivity index (χ1) is 4.33. The summed E-state index contributed by atoms with van der Waals surface area (Å²) >= 11 is 1.35. The van der Waals surface area contributed by atoms with Gasteiger partial charge >= 0.3 is 0 Å². The molecular formula is C4H5N3OS. The third-order valence-electron chi connectivity index (χ3n) is 0.708. The van der Waals surface area contributed by atoms with E-state index in [2.05, 4.69) is 15.5 Å². The fraction of sp³-hybridized carbons (Fsp3) is 0.250. The van der Waals surface area contributed by atoms with E-state index in [1.807, 2.05) is 6.92 Å². The largest absolute Gasteiger partial charge is 0.303 e. The lowest BCUT2D eigenvalue weighted by molar-refractivity contribution is -0.105. The van der Waals surface area contributed by atoms with E-state index in [9.17, 15) is 4.79 Å². The maximum absolute atomic E-state index is 9.81. The number of anilines is 1. The third-order valence-corrected chi connectivity index (χ3v) is 1.48. The van der Waals surface area contributed by atoms with Crippen molar-refractivity contribution in [1.82, 2.24) is 10.2 Å². The summed E-state index contributed by atoms with van der Waals surface area (Å²) in [5.74, 6) is 0. The lowest BCUT2D eigenvalue weighted by atomic mass is 10.9. The zero-order valence-electron chi connectivity index (χ0n) is 4.79. The van der Waals surface area contributed by atoms with Crippen LogP contribution in [0, 0.1) is 6.92 Å². The van der Waals surface area contributed by atoms with Gasteiger partial charge in [0.2, 0.25) is 11.5 Å². The van der Waals surface area contributed by atoms with Crippen LogP contribution >= 0.6 is 11.3 Å². The molecule has 1 aromatic rings. The Labute approximate surface area is 55.9 Å². The number of carbonyl (C=O) groups is 1. The van der Waals surface area contributed by atoms with Crippen LogP contribution in [0.2, 0.25) is 0 Å². The molecule has 0 aliphatic rings. The molecule has 0 unspecified atom stereocenters. The van der Waals surface area contributed by atoms with Gasteiger partial charge in [-0.1, -0.05) is 11.3 Å². The Morgan fingerprint density at radius 1 is 1.67 bits per heavy atom. The van der Waals surface area contributed by atoms with E-state index in [-0.39, 0.29) is 0 Å².